The molecule has 1 aliphatic rings. The standard InChI is InChI=1S/C16H16N2O3/c1-10-2-3-11(8-13(10)17)16(19)18-12-4-5-14-15(9-12)21-7-6-20-14/h2-5,8-9H,6-7,17H2,1H3,(H,18,19). The van der Waals surface area contributed by atoms with E-state index in [1.165, 1.54) is 0 Å². The van der Waals surface area contributed by atoms with Crippen LogP contribution in [0.1, 0.15) is 15.9 Å². The van der Waals surface area contributed by atoms with Crippen molar-refractivity contribution in [3.8, 4) is 11.5 Å². The van der Waals surface area contributed by atoms with Gasteiger partial charge in [0.2, 0.25) is 0 Å². The molecule has 1 heterocycles. The Balaban J connectivity index is 1.79. The Morgan fingerprint density at radius 1 is 1.10 bits per heavy atom. The molecule has 0 spiro atoms. The number of carbonyl (C=O) groups excluding carboxylic acids is 1. The van der Waals surface area contributed by atoms with Gasteiger partial charge in [0, 0.05) is 23.0 Å². The minimum atomic E-state index is -0.210. The van der Waals surface area contributed by atoms with E-state index in [-0.39, 0.29) is 5.91 Å². The highest BCUT2D eigenvalue weighted by Gasteiger charge is 2.13. The smallest absolute Gasteiger partial charge is 0.255 e. The van der Waals surface area contributed by atoms with E-state index in [1.54, 1.807) is 30.3 Å². The van der Waals surface area contributed by atoms with Crippen LogP contribution in [0.3, 0.4) is 0 Å². The van der Waals surface area contributed by atoms with E-state index in [1.807, 2.05) is 13.0 Å². The lowest BCUT2D eigenvalue weighted by Gasteiger charge is -2.19. The molecule has 5 nitrogen and oxygen atoms in total. The molecule has 2 aromatic carbocycles. The van der Waals surface area contributed by atoms with Gasteiger partial charge in [0.25, 0.3) is 5.91 Å². The zero-order chi connectivity index (χ0) is 14.8. The lowest BCUT2D eigenvalue weighted by molar-refractivity contribution is 0.102. The van der Waals surface area contributed by atoms with Crippen molar-refractivity contribution in [2.24, 2.45) is 0 Å². The largest absolute Gasteiger partial charge is 0.486 e. The maximum Gasteiger partial charge on any atom is 0.255 e. The lowest BCUT2D eigenvalue weighted by atomic mass is 10.1. The van der Waals surface area contributed by atoms with Crippen LogP contribution in [0.25, 0.3) is 0 Å². The van der Waals surface area contributed by atoms with Gasteiger partial charge in [-0.3, -0.25) is 4.79 Å². The van der Waals surface area contributed by atoms with Gasteiger partial charge in [0.15, 0.2) is 11.5 Å². The fourth-order valence-electron chi connectivity index (χ4n) is 2.11. The maximum absolute atomic E-state index is 12.2. The molecule has 0 saturated heterocycles. The molecule has 1 amide bonds. The summed E-state index contributed by atoms with van der Waals surface area (Å²) in [4.78, 5) is 12.2. The van der Waals surface area contributed by atoms with Gasteiger partial charge in [-0.05, 0) is 36.8 Å². The highest BCUT2D eigenvalue weighted by atomic mass is 16.6. The van der Waals surface area contributed by atoms with E-state index in [4.69, 9.17) is 15.2 Å². The molecule has 3 rings (SSSR count). The Bertz CT molecular complexity index is 698. The van der Waals surface area contributed by atoms with Crippen molar-refractivity contribution >= 4 is 17.3 Å². The predicted octanol–water partition coefficient (Wildman–Crippen LogP) is 2.60. The number of nitrogens with one attached hydrogen (secondary N) is 1. The first-order valence-corrected chi connectivity index (χ1v) is 6.70. The second-order valence-corrected chi connectivity index (χ2v) is 4.88. The number of ether oxygens (including phenoxy) is 2. The molecule has 0 radical (unpaired) electrons. The molecule has 2 aromatic rings. The quantitative estimate of drug-likeness (QED) is 0.831. The normalized spacial score (nSPS) is 12.8. The zero-order valence-electron chi connectivity index (χ0n) is 11.7. The van der Waals surface area contributed by atoms with E-state index in [2.05, 4.69) is 5.32 Å². The van der Waals surface area contributed by atoms with Crippen LogP contribution in [0.15, 0.2) is 36.4 Å². The molecule has 0 bridgehead atoms. The van der Waals surface area contributed by atoms with Crippen molar-refractivity contribution in [1.82, 2.24) is 0 Å². The number of benzene rings is 2. The zero-order valence-corrected chi connectivity index (χ0v) is 11.7. The molecule has 5 heteroatoms. The highest BCUT2D eigenvalue weighted by molar-refractivity contribution is 6.05. The van der Waals surface area contributed by atoms with Crippen LogP contribution in [-0.2, 0) is 0 Å². The third-order valence-electron chi connectivity index (χ3n) is 3.34. The number of hydrogen-bond donors (Lipinski definition) is 2. The van der Waals surface area contributed by atoms with Crippen molar-refractivity contribution in [1.29, 1.82) is 0 Å². The van der Waals surface area contributed by atoms with Crippen LogP contribution < -0.4 is 20.5 Å². The van der Waals surface area contributed by atoms with Gasteiger partial charge >= 0.3 is 0 Å². The van der Waals surface area contributed by atoms with E-state index in [9.17, 15) is 4.79 Å². The van der Waals surface area contributed by atoms with Crippen molar-refractivity contribution in [3.05, 3.63) is 47.5 Å². The summed E-state index contributed by atoms with van der Waals surface area (Å²) in [6.07, 6.45) is 0. The molecule has 0 fully saturated rings. The lowest BCUT2D eigenvalue weighted by Crippen LogP contribution is -2.16. The summed E-state index contributed by atoms with van der Waals surface area (Å²) >= 11 is 0. The van der Waals surface area contributed by atoms with E-state index in [0.717, 1.165) is 5.56 Å². The summed E-state index contributed by atoms with van der Waals surface area (Å²) in [5, 5.41) is 2.82. The van der Waals surface area contributed by atoms with Gasteiger partial charge in [-0.25, -0.2) is 0 Å². The van der Waals surface area contributed by atoms with E-state index < -0.39 is 0 Å². The number of aryl methyl sites for hydroxylation is 1. The molecule has 3 N–H and O–H groups in total. The fourth-order valence-corrected chi connectivity index (χ4v) is 2.11. The third-order valence-corrected chi connectivity index (χ3v) is 3.34. The van der Waals surface area contributed by atoms with Gasteiger partial charge in [0.05, 0.1) is 0 Å². The van der Waals surface area contributed by atoms with Gasteiger partial charge in [-0.15, -0.1) is 0 Å². The van der Waals surface area contributed by atoms with Crippen LogP contribution in [0.2, 0.25) is 0 Å². The molecular formula is C16H16N2O3. The molecule has 108 valence electrons. The second-order valence-electron chi connectivity index (χ2n) is 4.88. The first-order valence-electron chi connectivity index (χ1n) is 6.70. The number of hydrogen-bond acceptors (Lipinski definition) is 4. The molecule has 0 atom stereocenters. The number of carbonyl (C=O) groups is 1. The average molecular weight is 284 g/mol. The SMILES string of the molecule is Cc1ccc(C(=O)Nc2ccc3c(c2)OCCO3)cc1N. The van der Waals surface area contributed by atoms with Crippen LogP contribution in [0.5, 0.6) is 11.5 Å². The van der Waals surface area contributed by atoms with Crippen LogP contribution >= 0.6 is 0 Å². The Morgan fingerprint density at radius 2 is 1.86 bits per heavy atom. The molecule has 0 unspecified atom stereocenters. The van der Waals surface area contributed by atoms with E-state index >= 15 is 0 Å². The first-order chi connectivity index (χ1) is 10.1. The van der Waals surface area contributed by atoms with Crippen LogP contribution in [0.4, 0.5) is 11.4 Å². The Morgan fingerprint density at radius 3 is 2.62 bits per heavy atom. The summed E-state index contributed by atoms with van der Waals surface area (Å²) in [6, 6.07) is 10.6. The second kappa shape index (κ2) is 5.36. The summed E-state index contributed by atoms with van der Waals surface area (Å²) in [7, 11) is 0. The summed E-state index contributed by atoms with van der Waals surface area (Å²) in [5.74, 6) is 1.12. The number of anilines is 2. The predicted molar refractivity (Wildman–Crippen MR) is 81.0 cm³/mol. The first kappa shape index (κ1) is 13.3. The number of fused-ring (bicyclic) bond motifs is 1. The summed E-state index contributed by atoms with van der Waals surface area (Å²) in [6.45, 7) is 2.96. The minimum Gasteiger partial charge on any atom is -0.486 e. The molecular weight excluding hydrogens is 268 g/mol. The third kappa shape index (κ3) is 2.76. The summed E-state index contributed by atoms with van der Waals surface area (Å²) < 4.78 is 10.9. The molecule has 1 aliphatic heterocycles. The average Bonchev–Trinajstić information content (AvgIpc) is 2.50. The minimum absolute atomic E-state index is 0.210. The Labute approximate surface area is 122 Å². The van der Waals surface area contributed by atoms with Crippen molar-refractivity contribution in [2.75, 3.05) is 24.3 Å². The van der Waals surface area contributed by atoms with Crippen LogP contribution in [0, 0.1) is 6.92 Å². The van der Waals surface area contributed by atoms with Gasteiger partial charge in [-0.2, -0.15) is 0 Å². The molecule has 0 aliphatic carbocycles. The molecule has 21 heavy (non-hydrogen) atoms. The van der Waals surface area contributed by atoms with E-state index in [0.29, 0.717) is 41.7 Å². The topological polar surface area (TPSA) is 73.6 Å². The van der Waals surface area contributed by atoms with Gasteiger partial charge in [-0.1, -0.05) is 6.07 Å². The number of nitrogen functional groups attached to an aromatic ring is 1. The maximum atomic E-state index is 12.2. The number of rotatable bonds is 2. The van der Waals surface area contributed by atoms with Crippen molar-refractivity contribution in [3.63, 3.8) is 0 Å². The van der Waals surface area contributed by atoms with Crippen molar-refractivity contribution < 1.29 is 14.3 Å². The molecule has 0 aromatic heterocycles. The fraction of sp³-hybridized carbons (Fsp3) is 0.188. The summed E-state index contributed by atoms with van der Waals surface area (Å²) in [5.41, 5.74) is 8.56. The number of amides is 1. The van der Waals surface area contributed by atoms with Crippen molar-refractivity contribution in [2.45, 2.75) is 6.92 Å². The number of nitrogens with two attached hydrogens (primary N) is 1. The monoisotopic (exact) mass is 284 g/mol. The Hall–Kier alpha value is -2.69. The van der Waals surface area contributed by atoms with Gasteiger partial charge < -0.3 is 20.5 Å². The molecule has 0 saturated carbocycles. The Kier molecular flexibility index (Phi) is 3.39. The highest BCUT2D eigenvalue weighted by Crippen LogP contribution is 2.32. The van der Waals surface area contributed by atoms with Crippen LogP contribution in [-0.4, -0.2) is 19.1 Å². The van der Waals surface area contributed by atoms with Gasteiger partial charge in [0.1, 0.15) is 13.2 Å².